The quantitative estimate of drug-likeness (QED) is 0.604. The van der Waals surface area contributed by atoms with Crippen molar-refractivity contribution in [2.24, 2.45) is 0 Å². The van der Waals surface area contributed by atoms with Crippen molar-refractivity contribution >= 4 is 5.97 Å². The van der Waals surface area contributed by atoms with Gasteiger partial charge in [0.25, 0.3) is 11.2 Å². The Morgan fingerprint density at radius 2 is 0.828 bits per heavy atom. The first-order valence-corrected chi connectivity index (χ1v) is 6.62. The molecule has 0 bridgehead atoms. The molecule has 0 saturated carbocycles. The van der Waals surface area contributed by atoms with Crippen molar-refractivity contribution in [2.45, 2.75) is 35.9 Å². The Hall–Kier alpha value is -2.23. The average Bonchev–Trinajstić information content (AvgIpc) is 2.48. The zero-order valence-corrected chi connectivity index (χ0v) is 13.0. The van der Waals surface area contributed by atoms with Crippen LogP contribution in [-0.2, 0) is 11.2 Å². The Kier molecular flexibility index (Phi) is 5.69. The minimum atomic E-state index is -6.76. The van der Waals surface area contributed by atoms with Crippen LogP contribution in [0, 0.1) is 0 Å². The number of benzene rings is 1. The van der Waals surface area contributed by atoms with Gasteiger partial charge in [0.05, 0.1) is 5.56 Å². The Morgan fingerprint density at radius 1 is 0.586 bits per heavy atom. The molecule has 1 rings (SSSR count). The molecule has 166 valence electrons. The van der Waals surface area contributed by atoms with Crippen LogP contribution in [0.4, 0.5) is 52.7 Å². The summed E-state index contributed by atoms with van der Waals surface area (Å²) in [4.78, 5) is 10.9. The molecule has 0 aliphatic carbocycles. The van der Waals surface area contributed by atoms with Crippen LogP contribution in [0.2, 0.25) is 0 Å². The second-order valence-corrected chi connectivity index (χ2v) is 5.52. The fraction of sp³-hybridized carbons (Fsp3) is 0.462. The first kappa shape index (κ1) is 24.8. The van der Waals surface area contributed by atoms with E-state index in [0.717, 1.165) is 0 Å². The molecular weight excluding hydrogens is 448 g/mol. The molecule has 29 heavy (non-hydrogen) atoms. The maximum Gasteiger partial charge on any atom is 0.430 e. The smallest absolute Gasteiger partial charge is 0.430 e. The van der Waals surface area contributed by atoms with Crippen molar-refractivity contribution in [3.05, 3.63) is 34.9 Å². The van der Waals surface area contributed by atoms with Gasteiger partial charge in [-0.1, -0.05) is 0 Å². The molecule has 1 aromatic rings. The lowest BCUT2D eigenvalue weighted by molar-refractivity contribution is -0.378. The Morgan fingerprint density at radius 3 is 1.00 bits per heavy atom. The predicted octanol–water partition coefficient (Wildman–Crippen LogP) is 4.01. The highest BCUT2D eigenvalue weighted by atomic mass is 19.4. The summed E-state index contributed by atoms with van der Waals surface area (Å²) in [6, 6.07) is -2.33. The van der Waals surface area contributed by atoms with Gasteiger partial charge in [-0.25, -0.2) is 4.79 Å². The lowest BCUT2D eigenvalue weighted by atomic mass is 9.84. The van der Waals surface area contributed by atoms with Crippen LogP contribution in [0.1, 0.15) is 21.5 Å². The number of aliphatic hydroxyl groups is 2. The molecule has 0 radical (unpaired) electrons. The molecule has 16 heteroatoms. The van der Waals surface area contributed by atoms with E-state index in [4.69, 9.17) is 5.11 Å². The van der Waals surface area contributed by atoms with Crippen LogP contribution >= 0.6 is 0 Å². The standard InChI is InChI=1S/C13H6F12O4/c14-10(15,16)8(28,11(17,18)19)5-1-4(7(26)27)2-6(3-5)9(29,12(20,21)22)13(23,24)25/h1-3,28-29H,(H,26,27). The Labute approximate surface area is 151 Å². The molecule has 4 nitrogen and oxygen atoms in total. The number of carbonyl (C=O) groups is 1. The van der Waals surface area contributed by atoms with E-state index in [1.165, 1.54) is 0 Å². The van der Waals surface area contributed by atoms with Crippen LogP contribution in [-0.4, -0.2) is 46.0 Å². The topological polar surface area (TPSA) is 77.8 Å². The number of halogens is 12. The van der Waals surface area contributed by atoms with Crippen molar-refractivity contribution in [3.8, 4) is 0 Å². The molecule has 0 atom stereocenters. The maximum absolute atomic E-state index is 12.9. The summed E-state index contributed by atoms with van der Waals surface area (Å²) in [6.45, 7) is 0. The van der Waals surface area contributed by atoms with Gasteiger partial charge in [-0.3, -0.25) is 0 Å². The number of carboxylic acid groups (broad SMARTS) is 1. The number of alkyl halides is 12. The average molecular weight is 454 g/mol. The van der Waals surface area contributed by atoms with E-state index in [2.05, 4.69) is 0 Å². The van der Waals surface area contributed by atoms with E-state index >= 15 is 0 Å². The van der Waals surface area contributed by atoms with Gasteiger partial charge in [0.1, 0.15) is 0 Å². The lowest BCUT2D eigenvalue weighted by Gasteiger charge is -2.36. The molecule has 0 aliphatic heterocycles. The van der Waals surface area contributed by atoms with Crippen LogP contribution in [0.15, 0.2) is 18.2 Å². The summed E-state index contributed by atoms with van der Waals surface area (Å²) in [7, 11) is 0. The summed E-state index contributed by atoms with van der Waals surface area (Å²) < 4.78 is 155. The van der Waals surface area contributed by atoms with Crippen molar-refractivity contribution in [1.82, 2.24) is 0 Å². The largest absolute Gasteiger partial charge is 0.478 e. The molecule has 0 saturated heterocycles. The van der Waals surface area contributed by atoms with Crippen LogP contribution < -0.4 is 0 Å². The summed E-state index contributed by atoms with van der Waals surface area (Å²) in [5, 5.41) is 27.0. The minimum Gasteiger partial charge on any atom is -0.478 e. The number of aromatic carboxylic acids is 1. The molecular formula is C13H6F12O4. The summed E-state index contributed by atoms with van der Waals surface area (Å²) >= 11 is 0. The first-order chi connectivity index (χ1) is 12.5. The van der Waals surface area contributed by atoms with E-state index in [0.29, 0.717) is 0 Å². The molecule has 3 N–H and O–H groups in total. The van der Waals surface area contributed by atoms with E-state index in [1.54, 1.807) is 0 Å². The second-order valence-electron chi connectivity index (χ2n) is 5.52. The van der Waals surface area contributed by atoms with Gasteiger partial charge in [0, 0.05) is 11.1 Å². The summed E-state index contributed by atoms with van der Waals surface area (Å²) in [6.07, 6.45) is -27.0. The van der Waals surface area contributed by atoms with Crippen LogP contribution in [0.25, 0.3) is 0 Å². The fourth-order valence-electron chi connectivity index (χ4n) is 2.14. The van der Waals surface area contributed by atoms with Gasteiger partial charge >= 0.3 is 30.7 Å². The van der Waals surface area contributed by atoms with Gasteiger partial charge in [0.2, 0.25) is 0 Å². The van der Waals surface area contributed by atoms with Gasteiger partial charge in [-0.15, -0.1) is 0 Å². The van der Waals surface area contributed by atoms with E-state index < -0.39 is 76.8 Å². The molecule has 1 aromatic carbocycles. The van der Waals surface area contributed by atoms with Crippen LogP contribution in [0.5, 0.6) is 0 Å². The zero-order chi connectivity index (χ0) is 23.4. The highest BCUT2D eigenvalue weighted by molar-refractivity contribution is 5.88. The SMILES string of the molecule is O=C(O)c1cc(C(O)(C(F)(F)F)C(F)(F)F)cc(C(O)(C(F)(F)F)C(F)(F)F)c1. The van der Waals surface area contributed by atoms with Crippen molar-refractivity contribution < 1.29 is 72.8 Å². The zero-order valence-electron chi connectivity index (χ0n) is 13.0. The first-order valence-electron chi connectivity index (χ1n) is 6.62. The number of rotatable bonds is 3. The maximum atomic E-state index is 12.9. The van der Waals surface area contributed by atoms with Crippen molar-refractivity contribution in [3.63, 3.8) is 0 Å². The molecule has 0 fully saturated rings. The summed E-state index contributed by atoms with van der Waals surface area (Å²) in [5.41, 5.74) is -19.5. The Bertz CT molecular complexity index is 703. The number of hydrogen-bond donors (Lipinski definition) is 3. The fourth-order valence-corrected chi connectivity index (χ4v) is 2.14. The molecule has 0 heterocycles. The van der Waals surface area contributed by atoms with Crippen molar-refractivity contribution in [1.29, 1.82) is 0 Å². The monoisotopic (exact) mass is 454 g/mol. The lowest BCUT2D eigenvalue weighted by Crippen LogP contribution is -2.56. The highest BCUT2D eigenvalue weighted by Gasteiger charge is 2.74. The van der Waals surface area contributed by atoms with E-state index in [1.807, 2.05) is 0 Å². The normalized spacial score (nSPS) is 14.8. The van der Waals surface area contributed by atoms with E-state index in [-0.39, 0.29) is 0 Å². The molecule has 0 spiro atoms. The molecule has 0 unspecified atom stereocenters. The third-order valence-corrected chi connectivity index (χ3v) is 3.66. The van der Waals surface area contributed by atoms with Crippen LogP contribution in [0.3, 0.4) is 0 Å². The molecule has 0 aromatic heterocycles. The minimum absolute atomic E-state index is 0.625. The number of carboxylic acids is 1. The molecule has 0 amide bonds. The predicted molar refractivity (Wildman–Crippen MR) is 65.4 cm³/mol. The third-order valence-electron chi connectivity index (χ3n) is 3.66. The summed E-state index contributed by atoms with van der Waals surface area (Å²) in [5.74, 6) is -2.55. The van der Waals surface area contributed by atoms with Gasteiger partial charge in [0.15, 0.2) is 0 Å². The Balaban J connectivity index is 4.12. The second kappa shape index (κ2) is 6.65. The third kappa shape index (κ3) is 3.82. The van der Waals surface area contributed by atoms with Gasteiger partial charge in [-0.05, 0) is 18.2 Å². The van der Waals surface area contributed by atoms with Crippen molar-refractivity contribution in [2.75, 3.05) is 0 Å². The molecule has 0 aliphatic rings. The van der Waals surface area contributed by atoms with Gasteiger partial charge in [-0.2, -0.15) is 52.7 Å². The van der Waals surface area contributed by atoms with Gasteiger partial charge < -0.3 is 15.3 Å². The van der Waals surface area contributed by atoms with E-state index in [9.17, 15) is 67.7 Å². The number of hydrogen-bond acceptors (Lipinski definition) is 3. The highest BCUT2D eigenvalue weighted by Crippen LogP contribution is 2.54.